The first-order valence-corrected chi connectivity index (χ1v) is 9.06. The number of amides is 1. The second kappa shape index (κ2) is 5.79. The van der Waals surface area contributed by atoms with Crippen LogP contribution >= 0.6 is 0 Å². The van der Waals surface area contributed by atoms with Gasteiger partial charge in [0.1, 0.15) is 0 Å². The van der Waals surface area contributed by atoms with Crippen molar-refractivity contribution >= 4 is 15.7 Å². The van der Waals surface area contributed by atoms with Gasteiger partial charge in [-0.05, 0) is 25.2 Å². The van der Waals surface area contributed by atoms with E-state index in [1.165, 1.54) is 0 Å². The standard InChI is InChI=1S/C13H24N2O3S/c1-3-5-12-14-11(4-2)13(16)15(12)8-10-6-7-19(17,18)9-10/h10-12,14H,3-9H2,1-2H3. The molecule has 2 heterocycles. The zero-order valence-electron chi connectivity index (χ0n) is 11.8. The van der Waals surface area contributed by atoms with Crippen molar-refractivity contribution in [2.45, 2.75) is 51.7 Å². The van der Waals surface area contributed by atoms with Gasteiger partial charge in [-0.25, -0.2) is 8.42 Å². The summed E-state index contributed by atoms with van der Waals surface area (Å²) in [5.41, 5.74) is 0. The minimum Gasteiger partial charge on any atom is -0.325 e. The molecular formula is C13H24N2O3S. The lowest BCUT2D eigenvalue weighted by atomic mass is 10.1. The minimum absolute atomic E-state index is 0.0884. The summed E-state index contributed by atoms with van der Waals surface area (Å²) in [6.45, 7) is 4.69. The fourth-order valence-corrected chi connectivity index (χ4v) is 4.91. The summed E-state index contributed by atoms with van der Waals surface area (Å²) < 4.78 is 23.0. The summed E-state index contributed by atoms with van der Waals surface area (Å²) in [4.78, 5) is 14.2. The molecule has 0 radical (unpaired) electrons. The molecule has 3 unspecified atom stereocenters. The lowest BCUT2D eigenvalue weighted by molar-refractivity contribution is -0.130. The van der Waals surface area contributed by atoms with E-state index >= 15 is 0 Å². The molecule has 19 heavy (non-hydrogen) atoms. The van der Waals surface area contributed by atoms with E-state index in [1.54, 1.807) is 0 Å². The predicted molar refractivity (Wildman–Crippen MR) is 74.4 cm³/mol. The van der Waals surface area contributed by atoms with E-state index in [0.29, 0.717) is 13.0 Å². The van der Waals surface area contributed by atoms with E-state index in [-0.39, 0.29) is 35.5 Å². The van der Waals surface area contributed by atoms with Crippen molar-refractivity contribution < 1.29 is 13.2 Å². The molecule has 2 aliphatic rings. The topological polar surface area (TPSA) is 66.5 Å². The maximum absolute atomic E-state index is 12.3. The Hall–Kier alpha value is -0.620. The van der Waals surface area contributed by atoms with Crippen LogP contribution in [0.5, 0.6) is 0 Å². The monoisotopic (exact) mass is 288 g/mol. The van der Waals surface area contributed by atoms with E-state index in [1.807, 2.05) is 11.8 Å². The Balaban J connectivity index is 2.02. The highest BCUT2D eigenvalue weighted by Gasteiger charge is 2.39. The van der Waals surface area contributed by atoms with Crippen LogP contribution in [-0.4, -0.2) is 49.5 Å². The van der Waals surface area contributed by atoms with Gasteiger partial charge in [0.05, 0.1) is 23.7 Å². The average molecular weight is 288 g/mol. The lowest BCUT2D eigenvalue weighted by Gasteiger charge is -2.26. The fraction of sp³-hybridized carbons (Fsp3) is 0.923. The van der Waals surface area contributed by atoms with Crippen molar-refractivity contribution in [3.8, 4) is 0 Å². The van der Waals surface area contributed by atoms with Crippen molar-refractivity contribution in [1.82, 2.24) is 10.2 Å². The van der Waals surface area contributed by atoms with Crippen molar-refractivity contribution in [2.24, 2.45) is 5.92 Å². The SMILES string of the molecule is CCCC1NC(CC)C(=O)N1CC1CCS(=O)(=O)C1. The van der Waals surface area contributed by atoms with E-state index in [2.05, 4.69) is 12.2 Å². The Kier molecular flexibility index (Phi) is 4.50. The molecule has 2 saturated heterocycles. The van der Waals surface area contributed by atoms with Gasteiger partial charge in [-0.2, -0.15) is 0 Å². The maximum atomic E-state index is 12.3. The Morgan fingerprint density at radius 3 is 2.63 bits per heavy atom. The summed E-state index contributed by atoms with van der Waals surface area (Å²) in [5, 5.41) is 3.36. The molecule has 0 saturated carbocycles. The molecule has 1 N–H and O–H groups in total. The van der Waals surface area contributed by atoms with Crippen molar-refractivity contribution in [3.63, 3.8) is 0 Å². The zero-order valence-corrected chi connectivity index (χ0v) is 12.6. The lowest BCUT2D eigenvalue weighted by Crippen LogP contribution is -2.40. The van der Waals surface area contributed by atoms with Crippen LogP contribution < -0.4 is 5.32 Å². The molecule has 5 nitrogen and oxygen atoms in total. The zero-order chi connectivity index (χ0) is 14.0. The number of carbonyl (C=O) groups is 1. The van der Waals surface area contributed by atoms with Gasteiger partial charge in [-0.15, -0.1) is 0 Å². The second-order valence-corrected chi connectivity index (χ2v) is 7.92. The average Bonchev–Trinajstić information content (AvgIpc) is 2.83. The van der Waals surface area contributed by atoms with Crippen LogP contribution in [0.4, 0.5) is 0 Å². The van der Waals surface area contributed by atoms with Crippen molar-refractivity contribution in [3.05, 3.63) is 0 Å². The van der Waals surface area contributed by atoms with Gasteiger partial charge in [-0.3, -0.25) is 10.1 Å². The predicted octanol–water partition coefficient (Wildman–Crippen LogP) is 0.758. The Morgan fingerprint density at radius 1 is 1.37 bits per heavy atom. The number of nitrogens with zero attached hydrogens (tertiary/aromatic N) is 1. The number of hydrogen-bond acceptors (Lipinski definition) is 4. The van der Waals surface area contributed by atoms with Gasteiger partial charge in [0.25, 0.3) is 0 Å². The molecular weight excluding hydrogens is 264 g/mol. The molecule has 0 spiro atoms. The summed E-state index contributed by atoms with van der Waals surface area (Å²) in [6.07, 6.45) is 3.52. The maximum Gasteiger partial charge on any atom is 0.241 e. The highest BCUT2D eigenvalue weighted by atomic mass is 32.2. The van der Waals surface area contributed by atoms with Crippen LogP contribution in [0.2, 0.25) is 0 Å². The van der Waals surface area contributed by atoms with E-state index in [9.17, 15) is 13.2 Å². The third kappa shape index (κ3) is 3.28. The van der Waals surface area contributed by atoms with Crippen molar-refractivity contribution in [1.29, 1.82) is 0 Å². The number of rotatable bonds is 5. The third-order valence-corrected chi connectivity index (χ3v) is 5.94. The molecule has 2 fully saturated rings. The first kappa shape index (κ1) is 14.8. The first-order valence-electron chi connectivity index (χ1n) is 7.23. The Morgan fingerprint density at radius 2 is 2.11 bits per heavy atom. The minimum atomic E-state index is -2.86. The van der Waals surface area contributed by atoms with Crippen LogP contribution in [-0.2, 0) is 14.6 Å². The summed E-state index contributed by atoms with van der Waals surface area (Å²) in [6, 6.07) is -0.0884. The van der Waals surface area contributed by atoms with E-state index in [4.69, 9.17) is 0 Å². The Bertz CT molecular complexity index is 435. The van der Waals surface area contributed by atoms with Gasteiger partial charge in [-0.1, -0.05) is 20.3 Å². The highest BCUT2D eigenvalue weighted by molar-refractivity contribution is 7.91. The van der Waals surface area contributed by atoms with Crippen LogP contribution in [0.1, 0.15) is 39.5 Å². The van der Waals surface area contributed by atoms with Gasteiger partial charge in [0.2, 0.25) is 5.91 Å². The highest BCUT2D eigenvalue weighted by Crippen LogP contribution is 2.24. The third-order valence-electron chi connectivity index (χ3n) is 4.10. The normalized spacial score (nSPS) is 34.1. The van der Waals surface area contributed by atoms with Crippen molar-refractivity contribution in [2.75, 3.05) is 18.1 Å². The van der Waals surface area contributed by atoms with E-state index in [0.717, 1.165) is 19.3 Å². The van der Waals surface area contributed by atoms with Gasteiger partial charge < -0.3 is 4.90 Å². The van der Waals surface area contributed by atoms with Gasteiger partial charge in [0.15, 0.2) is 9.84 Å². The summed E-state index contributed by atoms with van der Waals surface area (Å²) in [7, 11) is -2.86. The smallest absolute Gasteiger partial charge is 0.241 e. The molecule has 0 aromatic rings. The Labute approximate surface area is 115 Å². The van der Waals surface area contributed by atoms with Crippen LogP contribution in [0.25, 0.3) is 0 Å². The molecule has 0 aromatic heterocycles. The number of carbonyl (C=O) groups excluding carboxylic acids is 1. The molecule has 6 heteroatoms. The van der Waals surface area contributed by atoms with Gasteiger partial charge >= 0.3 is 0 Å². The number of sulfone groups is 1. The second-order valence-electron chi connectivity index (χ2n) is 5.69. The van der Waals surface area contributed by atoms with Gasteiger partial charge in [0, 0.05) is 6.54 Å². The molecule has 110 valence electrons. The van der Waals surface area contributed by atoms with Crippen LogP contribution in [0.15, 0.2) is 0 Å². The molecule has 3 atom stereocenters. The molecule has 2 aliphatic heterocycles. The summed E-state index contributed by atoms with van der Waals surface area (Å²) in [5.74, 6) is 0.783. The largest absolute Gasteiger partial charge is 0.325 e. The molecule has 1 amide bonds. The quantitative estimate of drug-likeness (QED) is 0.811. The van der Waals surface area contributed by atoms with Crippen LogP contribution in [0.3, 0.4) is 0 Å². The molecule has 0 aliphatic carbocycles. The molecule has 0 aromatic carbocycles. The number of nitrogens with one attached hydrogen (secondary N) is 1. The fourth-order valence-electron chi connectivity index (χ4n) is 3.06. The first-order chi connectivity index (χ1) is 8.96. The molecule has 2 rings (SSSR count). The molecule has 0 bridgehead atoms. The summed E-state index contributed by atoms with van der Waals surface area (Å²) >= 11 is 0. The van der Waals surface area contributed by atoms with E-state index < -0.39 is 9.84 Å². The number of hydrogen-bond donors (Lipinski definition) is 1. The van der Waals surface area contributed by atoms with Crippen LogP contribution in [0, 0.1) is 5.92 Å².